The van der Waals surface area contributed by atoms with Crippen molar-refractivity contribution in [2.24, 2.45) is 17.3 Å². The van der Waals surface area contributed by atoms with E-state index in [9.17, 15) is 19.5 Å². The molecule has 1 unspecified atom stereocenters. The largest absolute Gasteiger partial charge is 0.465 e. The van der Waals surface area contributed by atoms with Gasteiger partial charge in [-0.15, -0.1) is 0 Å². The van der Waals surface area contributed by atoms with Crippen LogP contribution in [0.15, 0.2) is 0 Å². The van der Waals surface area contributed by atoms with Gasteiger partial charge in [0.15, 0.2) is 0 Å². The number of hydrogen-bond donors (Lipinski definition) is 5. The van der Waals surface area contributed by atoms with Crippen LogP contribution in [0, 0.1) is 17.3 Å². The van der Waals surface area contributed by atoms with E-state index in [2.05, 4.69) is 16.0 Å². The smallest absolute Gasteiger partial charge is 0.405 e. The molecule has 0 radical (unpaired) electrons. The van der Waals surface area contributed by atoms with E-state index in [-0.39, 0.29) is 24.3 Å². The van der Waals surface area contributed by atoms with E-state index in [1.807, 2.05) is 27.7 Å². The number of aliphatic hydroxyl groups is 1. The Bertz CT molecular complexity index is 478. The highest BCUT2D eigenvalue weighted by atomic mass is 16.4. The number of nitrogens with one attached hydrogen (secondary N) is 3. The van der Waals surface area contributed by atoms with Gasteiger partial charge in [0.2, 0.25) is 11.8 Å². The van der Waals surface area contributed by atoms with E-state index in [1.165, 1.54) is 0 Å². The van der Waals surface area contributed by atoms with Gasteiger partial charge in [0, 0.05) is 12.5 Å². The summed E-state index contributed by atoms with van der Waals surface area (Å²) >= 11 is 0. The normalized spacial score (nSPS) is 20.4. The van der Waals surface area contributed by atoms with Gasteiger partial charge in [-0.25, -0.2) is 4.79 Å². The van der Waals surface area contributed by atoms with Crippen LogP contribution >= 0.6 is 0 Å². The van der Waals surface area contributed by atoms with Gasteiger partial charge in [0.1, 0.15) is 6.04 Å². The second-order valence-corrected chi connectivity index (χ2v) is 7.26. The van der Waals surface area contributed by atoms with Crippen molar-refractivity contribution in [3.63, 3.8) is 0 Å². The quantitative estimate of drug-likeness (QED) is 0.433. The van der Waals surface area contributed by atoms with Crippen LogP contribution in [0.2, 0.25) is 0 Å². The number of aliphatic hydroxyl groups excluding tert-OH is 1. The van der Waals surface area contributed by atoms with Crippen molar-refractivity contribution < 1.29 is 24.6 Å². The molecule has 0 aliphatic carbocycles. The van der Waals surface area contributed by atoms with Crippen molar-refractivity contribution in [1.29, 1.82) is 0 Å². The summed E-state index contributed by atoms with van der Waals surface area (Å²) in [7, 11) is 0. The van der Waals surface area contributed by atoms with E-state index >= 15 is 0 Å². The topological polar surface area (TPSA) is 128 Å². The molecule has 8 nitrogen and oxygen atoms in total. The van der Waals surface area contributed by atoms with Crippen molar-refractivity contribution in [3.8, 4) is 0 Å². The predicted molar refractivity (Wildman–Crippen MR) is 88.3 cm³/mol. The van der Waals surface area contributed by atoms with Gasteiger partial charge in [-0.05, 0) is 24.2 Å². The molecule has 8 heteroatoms. The van der Waals surface area contributed by atoms with Crippen LogP contribution in [-0.2, 0) is 9.59 Å². The molecule has 138 valence electrons. The van der Waals surface area contributed by atoms with Gasteiger partial charge in [-0.2, -0.15) is 0 Å². The molecule has 1 rings (SSSR count). The molecule has 1 fully saturated rings. The Labute approximate surface area is 142 Å². The lowest BCUT2D eigenvalue weighted by atomic mass is 9.74. The van der Waals surface area contributed by atoms with Gasteiger partial charge >= 0.3 is 6.09 Å². The van der Waals surface area contributed by atoms with Gasteiger partial charge < -0.3 is 26.2 Å². The molecule has 3 amide bonds. The van der Waals surface area contributed by atoms with Crippen LogP contribution in [0.1, 0.15) is 40.5 Å². The van der Waals surface area contributed by atoms with E-state index in [1.54, 1.807) is 0 Å². The lowest BCUT2D eigenvalue weighted by molar-refractivity contribution is -0.128. The number of carboxylic acid groups (broad SMARTS) is 1. The molecule has 0 saturated carbocycles. The van der Waals surface area contributed by atoms with Crippen LogP contribution in [0.3, 0.4) is 0 Å². The minimum absolute atomic E-state index is 0.0493. The van der Waals surface area contributed by atoms with Crippen LogP contribution < -0.4 is 16.0 Å². The molecule has 0 spiro atoms. The van der Waals surface area contributed by atoms with Gasteiger partial charge in [0.25, 0.3) is 0 Å². The minimum Gasteiger partial charge on any atom is -0.465 e. The first kappa shape index (κ1) is 20.2. The Morgan fingerprint density at radius 3 is 2.38 bits per heavy atom. The maximum atomic E-state index is 12.6. The predicted octanol–water partition coefficient (Wildman–Crippen LogP) is 0.308. The monoisotopic (exact) mass is 343 g/mol. The lowest BCUT2D eigenvalue weighted by Gasteiger charge is -2.37. The minimum atomic E-state index is -1.28. The van der Waals surface area contributed by atoms with E-state index < -0.39 is 29.5 Å². The molecule has 0 aromatic carbocycles. The molecule has 0 aromatic rings. The summed E-state index contributed by atoms with van der Waals surface area (Å²) < 4.78 is 0. The van der Waals surface area contributed by atoms with E-state index in [0.29, 0.717) is 19.4 Å². The standard InChI is InChI=1S/C16H29N3O5/c1-9(2)16(3,4)12(19-15(23)24)14(22)18-11(8-20)7-10-5-6-17-13(10)21/h9-12,19-20H,5-8H2,1-4H3,(H,17,21)(H,18,22)(H,23,24)/t10-,11-,12?/m0/s1. The van der Waals surface area contributed by atoms with Crippen LogP contribution in [0.25, 0.3) is 0 Å². The Hall–Kier alpha value is -1.83. The zero-order valence-corrected chi connectivity index (χ0v) is 14.8. The molecule has 1 aliphatic heterocycles. The maximum Gasteiger partial charge on any atom is 0.405 e. The fourth-order valence-corrected chi connectivity index (χ4v) is 2.72. The molecular weight excluding hydrogens is 314 g/mol. The second-order valence-electron chi connectivity index (χ2n) is 7.26. The maximum absolute atomic E-state index is 12.6. The first-order valence-corrected chi connectivity index (χ1v) is 8.28. The van der Waals surface area contributed by atoms with Gasteiger partial charge in [-0.1, -0.05) is 27.7 Å². The number of carbonyl (C=O) groups is 3. The Balaban J connectivity index is 2.81. The van der Waals surface area contributed by atoms with Crippen LogP contribution in [0.4, 0.5) is 4.79 Å². The van der Waals surface area contributed by atoms with Crippen molar-refractivity contribution in [2.75, 3.05) is 13.2 Å². The van der Waals surface area contributed by atoms with E-state index in [0.717, 1.165) is 0 Å². The molecule has 1 aliphatic rings. The fraction of sp³-hybridized carbons (Fsp3) is 0.812. The summed E-state index contributed by atoms with van der Waals surface area (Å²) in [4.78, 5) is 35.3. The Morgan fingerprint density at radius 2 is 1.96 bits per heavy atom. The number of rotatable bonds is 8. The molecule has 0 aromatic heterocycles. The summed E-state index contributed by atoms with van der Waals surface area (Å²) in [5.74, 6) is -0.765. The Morgan fingerprint density at radius 1 is 1.33 bits per heavy atom. The molecule has 1 saturated heterocycles. The lowest BCUT2D eigenvalue weighted by Crippen LogP contribution is -2.58. The van der Waals surface area contributed by atoms with Crippen molar-refractivity contribution >= 4 is 17.9 Å². The first-order valence-electron chi connectivity index (χ1n) is 8.28. The SMILES string of the molecule is CC(C)C(C)(C)C(NC(=O)O)C(=O)N[C@H](CO)C[C@@H]1CCNC1=O. The fourth-order valence-electron chi connectivity index (χ4n) is 2.72. The molecule has 24 heavy (non-hydrogen) atoms. The van der Waals surface area contributed by atoms with Crippen LogP contribution in [0.5, 0.6) is 0 Å². The summed E-state index contributed by atoms with van der Waals surface area (Å²) in [6, 6.07) is -1.55. The summed E-state index contributed by atoms with van der Waals surface area (Å²) in [6.07, 6.45) is -0.283. The summed E-state index contributed by atoms with van der Waals surface area (Å²) in [5.41, 5.74) is -0.618. The Kier molecular flexibility index (Phi) is 7.01. The van der Waals surface area contributed by atoms with Crippen molar-refractivity contribution in [1.82, 2.24) is 16.0 Å². The zero-order valence-electron chi connectivity index (χ0n) is 14.8. The molecule has 3 atom stereocenters. The summed E-state index contributed by atoms with van der Waals surface area (Å²) in [6.45, 7) is 7.75. The van der Waals surface area contributed by atoms with Gasteiger partial charge in [-0.3, -0.25) is 9.59 Å². The highest BCUT2D eigenvalue weighted by Crippen LogP contribution is 2.30. The molecule has 0 bridgehead atoms. The average Bonchev–Trinajstić information content (AvgIpc) is 2.88. The van der Waals surface area contributed by atoms with Gasteiger partial charge in [0.05, 0.1) is 12.6 Å². The van der Waals surface area contributed by atoms with E-state index in [4.69, 9.17) is 5.11 Å². The molecule has 1 heterocycles. The third-order valence-electron chi connectivity index (χ3n) is 5.06. The summed E-state index contributed by atoms with van der Waals surface area (Å²) in [5, 5.41) is 26.2. The van der Waals surface area contributed by atoms with Crippen molar-refractivity contribution in [2.45, 2.75) is 52.6 Å². The third kappa shape index (κ3) is 5.09. The second kappa shape index (κ2) is 8.32. The molecule has 5 N–H and O–H groups in total. The first-order chi connectivity index (χ1) is 11.1. The highest BCUT2D eigenvalue weighted by Gasteiger charge is 2.40. The number of carbonyl (C=O) groups excluding carboxylic acids is 2. The average molecular weight is 343 g/mol. The zero-order chi connectivity index (χ0) is 18.5. The van der Waals surface area contributed by atoms with Crippen molar-refractivity contribution in [3.05, 3.63) is 0 Å². The number of amides is 3. The highest BCUT2D eigenvalue weighted by molar-refractivity contribution is 5.86. The third-order valence-corrected chi connectivity index (χ3v) is 5.06. The number of hydrogen-bond acceptors (Lipinski definition) is 4. The molecular formula is C16H29N3O5. The van der Waals surface area contributed by atoms with Crippen LogP contribution in [-0.4, -0.2) is 53.4 Å².